The molecule has 0 amide bonds. The summed E-state index contributed by atoms with van der Waals surface area (Å²) in [6.45, 7) is 4.26. The van der Waals surface area contributed by atoms with Crippen molar-refractivity contribution in [1.82, 2.24) is 4.98 Å². The summed E-state index contributed by atoms with van der Waals surface area (Å²) in [5.74, 6) is 0. The SMILES string of the molecule is Cc1ccc(NC2N=C/C(=C/c3c[nH]c4ccccc34)S2)cc1C. The van der Waals surface area contributed by atoms with Crippen LogP contribution in [-0.2, 0) is 0 Å². The number of hydrogen-bond donors (Lipinski definition) is 2. The van der Waals surface area contributed by atoms with Crippen molar-refractivity contribution in [3.63, 3.8) is 0 Å². The van der Waals surface area contributed by atoms with Gasteiger partial charge in [0.1, 0.15) is 0 Å². The number of aromatic amines is 1. The van der Waals surface area contributed by atoms with E-state index in [2.05, 4.69) is 77.8 Å². The molecule has 0 saturated heterocycles. The number of para-hydroxylation sites is 1. The second-order valence-corrected chi connectivity index (χ2v) is 7.18. The summed E-state index contributed by atoms with van der Waals surface area (Å²) in [4.78, 5) is 9.05. The summed E-state index contributed by atoms with van der Waals surface area (Å²) in [5, 5.41) is 4.71. The molecule has 2 heterocycles. The molecule has 24 heavy (non-hydrogen) atoms. The number of nitrogens with zero attached hydrogens (tertiary/aromatic N) is 1. The molecule has 1 aromatic heterocycles. The van der Waals surface area contributed by atoms with E-state index in [-0.39, 0.29) is 5.50 Å². The highest BCUT2D eigenvalue weighted by Gasteiger charge is 2.16. The minimum Gasteiger partial charge on any atom is -0.361 e. The van der Waals surface area contributed by atoms with Gasteiger partial charge in [-0.3, -0.25) is 4.99 Å². The Morgan fingerprint density at radius 1 is 1.12 bits per heavy atom. The Labute approximate surface area is 145 Å². The molecule has 4 rings (SSSR count). The van der Waals surface area contributed by atoms with Crippen LogP contribution in [0.25, 0.3) is 17.0 Å². The first kappa shape index (κ1) is 15.1. The van der Waals surface area contributed by atoms with Crippen molar-refractivity contribution in [3.8, 4) is 0 Å². The van der Waals surface area contributed by atoms with E-state index in [0.717, 1.165) is 11.2 Å². The summed E-state index contributed by atoms with van der Waals surface area (Å²) in [7, 11) is 0. The lowest BCUT2D eigenvalue weighted by Gasteiger charge is -2.12. The average Bonchev–Trinajstić information content (AvgIpc) is 3.19. The molecule has 2 aromatic carbocycles. The van der Waals surface area contributed by atoms with Crippen LogP contribution in [0.5, 0.6) is 0 Å². The summed E-state index contributed by atoms with van der Waals surface area (Å²) in [6, 6.07) is 14.8. The molecule has 3 nitrogen and oxygen atoms in total. The summed E-state index contributed by atoms with van der Waals surface area (Å²) in [5.41, 5.74) is 6.11. The van der Waals surface area contributed by atoms with E-state index in [9.17, 15) is 0 Å². The fourth-order valence-electron chi connectivity index (χ4n) is 2.81. The number of benzene rings is 2. The van der Waals surface area contributed by atoms with Gasteiger partial charge in [0, 0.05) is 39.5 Å². The molecule has 0 spiro atoms. The summed E-state index contributed by atoms with van der Waals surface area (Å²) in [6.07, 6.45) is 6.19. The van der Waals surface area contributed by atoms with E-state index < -0.39 is 0 Å². The smallest absolute Gasteiger partial charge is 0.171 e. The van der Waals surface area contributed by atoms with Crippen LogP contribution in [0.3, 0.4) is 0 Å². The average molecular weight is 333 g/mol. The van der Waals surface area contributed by atoms with Crippen molar-refractivity contribution in [2.75, 3.05) is 5.32 Å². The first-order chi connectivity index (χ1) is 11.7. The quantitative estimate of drug-likeness (QED) is 0.679. The molecule has 3 aromatic rings. The normalized spacial score (nSPS) is 18.6. The number of hydrogen-bond acceptors (Lipinski definition) is 3. The minimum absolute atomic E-state index is 0.0311. The predicted octanol–water partition coefficient (Wildman–Crippen LogP) is 5.34. The highest BCUT2D eigenvalue weighted by Crippen LogP contribution is 2.32. The Morgan fingerprint density at radius 3 is 2.88 bits per heavy atom. The monoisotopic (exact) mass is 333 g/mol. The molecule has 0 saturated carbocycles. The van der Waals surface area contributed by atoms with E-state index in [4.69, 9.17) is 0 Å². The number of rotatable bonds is 3. The standard InChI is InChI=1S/C20H19N3S/c1-13-7-8-16(9-14(13)2)23-20-22-12-17(24-20)10-15-11-21-19-6-4-3-5-18(15)19/h3-12,20-21,23H,1-2H3/b17-10-. The van der Waals surface area contributed by atoms with Gasteiger partial charge in [-0.15, -0.1) is 0 Å². The molecular weight excluding hydrogens is 314 g/mol. The van der Waals surface area contributed by atoms with Gasteiger partial charge in [-0.25, -0.2) is 0 Å². The maximum atomic E-state index is 4.57. The lowest BCUT2D eigenvalue weighted by atomic mass is 10.1. The number of anilines is 1. The largest absolute Gasteiger partial charge is 0.361 e. The Hall–Kier alpha value is -2.46. The summed E-state index contributed by atoms with van der Waals surface area (Å²) < 4.78 is 0. The van der Waals surface area contributed by atoms with Gasteiger partial charge in [0.15, 0.2) is 5.50 Å². The van der Waals surface area contributed by atoms with Crippen molar-refractivity contribution >= 4 is 40.6 Å². The number of thioether (sulfide) groups is 1. The Bertz CT molecular complexity index is 952. The van der Waals surface area contributed by atoms with E-state index in [1.165, 1.54) is 27.0 Å². The molecule has 0 fully saturated rings. The van der Waals surface area contributed by atoms with Crippen LogP contribution in [-0.4, -0.2) is 16.7 Å². The molecule has 1 aliphatic heterocycles. The van der Waals surface area contributed by atoms with E-state index in [1.807, 2.05) is 12.3 Å². The second kappa shape index (κ2) is 6.21. The highest BCUT2D eigenvalue weighted by molar-refractivity contribution is 8.05. The van der Waals surface area contributed by atoms with Crippen LogP contribution >= 0.6 is 11.8 Å². The van der Waals surface area contributed by atoms with Crippen LogP contribution < -0.4 is 5.32 Å². The van der Waals surface area contributed by atoms with Gasteiger partial charge in [0.05, 0.1) is 0 Å². The van der Waals surface area contributed by atoms with Crippen LogP contribution in [0, 0.1) is 13.8 Å². The van der Waals surface area contributed by atoms with E-state index in [0.29, 0.717) is 0 Å². The number of H-pyrrole nitrogens is 1. The van der Waals surface area contributed by atoms with Crippen LogP contribution in [0.15, 0.2) is 58.6 Å². The topological polar surface area (TPSA) is 40.2 Å². The van der Waals surface area contributed by atoms with E-state index >= 15 is 0 Å². The molecular formula is C20H19N3S. The molecule has 1 atom stereocenters. The fraction of sp³-hybridized carbons (Fsp3) is 0.150. The van der Waals surface area contributed by atoms with Crippen LogP contribution in [0.2, 0.25) is 0 Å². The molecule has 1 unspecified atom stereocenters. The zero-order chi connectivity index (χ0) is 16.5. The summed E-state index contributed by atoms with van der Waals surface area (Å²) >= 11 is 1.74. The zero-order valence-electron chi connectivity index (χ0n) is 13.7. The van der Waals surface area contributed by atoms with Gasteiger partial charge in [-0.05, 0) is 49.2 Å². The van der Waals surface area contributed by atoms with Crippen molar-refractivity contribution in [2.45, 2.75) is 19.3 Å². The molecule has 2 N–H and O–H groups in total. The lowest BCUT2D eigenvalue weighted by Crippen LogP contribution is -2.09. The van der Waals surface area contributed by atoms with Crippen molar-refractivity contribution < 1.29 is 0 Å². The van der Waals surface area contributed by atoms with Gasteiger partial charge >= 0.3 is 0 Å². The molecule has 0 aliphatic carbocycles. The van der Waals surface area contributed by atoms with Crippen molar-refractivity contribution in [2.24, 2.45) is 4.99 Å². The first-order valence-electron chi connectivity index (χ1n) is 8.00. The molecule has 4 heteroatoms. The van der Waals surface area contributed by atoms with Gasteiger partial charge in [0.2, 0.25) is 0 Å². The van der Waals surface area contributed by atoms with Crippen molar-refractivity contribution in [3.05, 3.63) is 70.3 Å². The third-order valence-corrected chi connectivity index (χ3v) is 5.26. The molecule has 0 bridgehead atoms. The van der Waals surface area contributed by atoms with Crippen LogP contribution in [0.1, 0.15) is 16.7 Å². The maximum absolute atomic E-state index is 4.57. The van der Waals surface area contributed by atoms with E-state index in [1.54, 1.807) is 11.8 Å². The lowest BCUT2D eigenvalue weighted by molar-refractivity contribution is 1.08. The third-order valence-electron chi connectivity index (χ3n) is 4.30. The van der Waals surface area contributed by atoms with Gasteiger partial charge in [-0.2, -0.15) is 0 Å². The maximum Gasteiger partial charge on any atom is 0.171 e. The molecule has 120 valence electrons. The van der Waals surface area contributed by atoms with Gasteiger partial charge in [-0.1, -0.05) is 36.0 Å². The van der Waals surface area contributed by atoms with Crippen LogP contribution in [0.4, 0.5) is 5.69 Å². The highest BCUT2D eigenvalue weighted by atomic mass is 32.2. The number of allylic oxidation sites excluding steroid dienone is 1. The predicted molar refractivity (Wildman–Crippen MR) is 106 cm³/mol. The minimum atomic E-state index is 0.0311. The Kier molecular flexibility index (Phi) is 3.90. The zero-order valence-corrected chi connectivity index (χ0v) is 14.5. The number of fused-ring (bicyclic) bond motifs is 1. The fourth-order valence-corrected chi connectivity index (χ4v) is 3.70. The Morgan fingerprint density at radius 2 is 2.00 bits per heavy atom. The molecule has 0 radical (unpaired) electrons. The number of aromatic nitrogens is 1. The first-order valence-corrected chi connectivity index (χ1v) is 8.88. The van der Waals surface area contributed by atoms with Gasteiger partial charge in [0.25, 0.3) is 0 Å². The second-order valence-electron chi connectivity index (χ2n) is 6.03. The Balaban J connectivity index is 1.50. The number of aryl methyl sites for hydroxylation is 2. The number of aliphatic imine (C=N–C) groups is 1. The van der Waals surface area contributed by atoms with Gasteiger partial charge < -0.3 is 10.3 Å². The molecule has 1 aliphatic rings. The third kappa shape index (κ3) is 2.97. The number of nitrogens with one attached hydrogen (secondary N) is 2. The van der Waals surface area contributed by atoms with Crippen molar-refractivity contribution in [1.29, 1.82) is 0 Å².